The number of hydrogen-bond donors (Lipinski definition) is 0. The van der Waals surface area contributed by atoms with E-state index < -0.39 is 5.97 Å². The number of esters is 1. The van der Waals surface area contributed by atoms with Crippen LogP contribution in [0.1, 0.15) is 65.9 Å². The molecule has 0 fully saturated rings. The lowest BCUT2D eigenvalue weighted by atomic mass is 10.1. The van der Waals surface area contributed by atoms with Crippen molar-refractivity contribution in [2.24, 2.45) is 0 Å². The number of thiazole rings is 1. The fraction of sp³-hybridized carbons (Fsp3) is 0.435. The number of fused-ring (bicyclic) bond motifs is 1. The van der Waals surface area contributed by atoms with E-state index >= 15 is 0 Å². The highest BCUT2D eigenvalue weighted by Crippen LogP contribution is 2.29. The monoisotopic (exact) mass is 456 g/mol. The fourth-order valence-electron chi connectivity index (χ4n) is 3.42. The third kappa shape index (κ3) is 4.72. The maximum absolute atomic E-state index is 13.7. The van der Waals surface area contributed by atoms with Crippen LogP contribution in [0.3, 0.4) is 0 Å². The minimum Gasteiger partial charge on any atom is -0.462 e. The Morgan fingerprint density at radius 3 is 2.50 bits per heavy atom. The molecular weight excluding hydrogens is 428 g/mol. The Morgan fingerprint density at radius 2 is 1.84 bits per heavy atom. The number of carbonyl (C=O) groups excluding carboxylic acids is 2. The molecule has 1 amide bonds. The molecule has 0 saturated carbocycles. The fourth-order valence-corrected chi connectivity index (χ4v) is 4.41. The Bertz CT molecular complexity index is 1180. The first-order chi connectivity index (χ1) is 15.4. The van der Waals surface area contributed by atoms with Crippen LogP contribution in [0.25, 0.3) is 10.8 Å². The summed E-state index contributed by atoms with van der Waals surface area (Å²) in [5, 5.41) is 5.76. The van der Waals surface area contributed by atoms with E-state index in [1.807, 2.05) is 6.92 Å². The lowest BCUT2D eigenvalue weighted by Crippen LogP contribution is -2.35. The first-order valence-electron chi connectivity index (χ1n) is 10.9. The highest BCUT2D eigenvalue weighted by molar-refractivity contribution is 7.17. The molecule has 0 atom stereocenters. The van der Waals surface area contributed by atoms with Crippen LogP contribution in [-0.2, 0) is 11.3 Å². The normalized spacial score (nSPS) is 11.0. The number of aryl methyl sites for hydroxylation is 2. The number of carbonyl (C=O) groups is 2. The predicted octanol–water partition coefficient (Wildman–Crippen LogP) is 4.20. The van der Waals surface area contributed by atoms with Crippen molar-refractivity contribution < 1.29 is 14.3 Å². The quantitative estimate of drug-likeness (QED) is 0.354. The topological polar surface area (TPSA) is 94.4 Å². The minimum absolute atomic E-state index is 0.198. The van der Waals surface area contributed by atoms with Crippen molar-refractivity contribution in [3.63, 3.8) is 0 Å². The SMILES string of the molecule is CCCCCN(C(=O)c1nn(CC)c(=O)c2ccccc12)c1nc(C)c(C(=O)OCC)s1. The molecule has 0 bridgehead atoms. The van der Waals surface area contributed by atoms with Crippen LogP contribution in [0.4, 0.5) is 5.13 Å². The van der Waals surface area contributed by atoms with Gasteiger partial charge in [0.1, 0.15) is 4.88 Å². The van der Waals surface area contributed by atoms with Crippen LogP contribution in [-0.4, -0.2) is 39.8 Å². The number of hydrogen-bond acceptors (Lipinski definition) is 7. The van der Waals surface area contributed by atoms with Gasteiger partial charge in [-0.3, -0.25) is 14.5 Å². The molecule has 0 radical (unpaired) electrons. The summed E-state index contributed by atoms with van der Waals surface area (Å²) in [5.74, 6) is -0.790. The molecular formula is C23H28N4O4S. The molecule has 2 aromatic heterocycles. The highest BCUT2D eigenvalue weighted by atomic mass is 32.1. The van der Waals surface area contributed by atoms with E-state index in [-0.39, 0.29) is 23.8 Å². The maximum Gasteiger partial charge on any atom is 0.350 e. The van der Waals surface area contributed by atoms with E-state index in [1.165, 1.54) is 4.68 Å². The Morgan fingerprint density at radius 1 is 1.12 bits per heavy atom. The van der Waals surface area contributed by atoms with E-state index in [2.05, 4.69) is 17.0 Å². The lowest BCUT2D eigenvalue weighted by molar-refractivity contribution is 0.0531. The van der Waals surface area contributed by atoms with Gasteiger partial charge in [-0.15, -0.1) is 0 Å². The summed E-state index contributed by atoms with van der Waals surface area (Å²) in [5.41, 5.74) is 0.490. The van der Waals surface area contributed by atoms with Crippen LogP contribution in [0, 0.1) is 6.92 Å². The second-order valence-corrected chi connectivity index (χ2v) is 8.29. The number of unbranched alkanes of at least 4 members (excludes halogenated alkanes) is 2. The zero-order valence-corrected chi connectivity index (χ0v) is 19.7. The molecule has 0 aliphatic rings. The predicted molar refractivity (Wildman–Crippen MR) is 126 cm³/mol. The number of nitrogens with zero attached hydrogens (tertiary/aromatic N) is 4. The van der Waals surface area contributed by atoms with Gasteiger partial charge in [0, 0.05) is 18.5 Å². The molecule has 2 heterocycles. The first-order valence-corrected chi connectivity index (χ1v) is 11.7. The molecule has 0 N–H and O–H groups in total. The van der Waals surface area contributed by atoms with Gasteiger partial charge < -0.3 is 4.74 Å². The number of amides is 1. The minimum atomic E-state index is -0.446. The van der Waals surface area contributed by atoms with Gasteiger partial charge in [-0.1, -0.05) is 49.3 Å². The Kier molecular flexibility index (Phi) is 7.74. The summed E-state index contributed by atoms with van der Waals surface area (Å²) in [6.07, 6.45) is 2.72. The van der Waals surface area contributed by atoms with E-state index in [0.717, 1.165) is 30.6 Å². The number of aromatic nitrogens is 3. The van der Waals surface area contributed by atoms with Crippen molar-refractivity contribution in [1.29, 1.82) is 0 Å². The van der Waals surface area contributed by atoms with Crippen molar-refractivity contribution in [1.82, 2.24) is 14.8 Å². The summed E-state index contributed by atoms with van der Waals surface area (Å²) in [6.45, 7) is 8.42. The molecule has 8 nitrogen and oxygen atoms in total. The first kappa shape index (κ1) is 23.6. The molecule has 3 rings (SSSR count). The highest BCUT2D eigenvalue weighted by Gasteiger charge is 2.27. The van der Waals surface area contributed by atoms with Gasteiger partial charge in [0.15, 0.2) is 10.8 Å². The number of ether oxygens (including phenoxy) is 1. The van der Waals surface area contributed by atoms with Crippen LogP contribution in [0.15, 0.2) is 29.1 Å². The smallest absolute Gasteiger partial charge is 0.350 e. The average molecular weight is 457 g/mol. The van der Waals surface area contributed by atoms with Crippen molar-refractivity contribution in [2.45, 2.75) is 53.5 Å². The van der Waals surface area contributed by atoms with Gasteiger partial charge in [-0.2, -0.15) is 5.10 Å². The molecule has 9 heteroatoms. The summed E-state index contributed by atoms with van der Waals surface area (Å²) in [6, 6.07) is 6.99. The molecule has 3 aromatic rings. The van der Waals surface area contributed by atoms with Gasteiger partial charge in [-0.25, -0.2) is 14.5 Å². The van der Waals surface area contributed by atoms with Gasteiger partial charge in [0.05, 0.1) is 17.7 Å². The van der Waals surface area contributed by atoms with Crippen molar-refractivity contribution in [2.75, 3.05) is 18.1 Å². The number of rotatable bonds is 9. The van der Waals surface area contributed by atoms with Gasteiger partial charge >= 0.3 is 5.97 Å². The number of benzene rings is 1. The second kappa shape index (κ2) is 10.5. The molecule has 170 valence electrons. The Labute approximate surface area is 190 Å². The summed E-state index contributed by atoms with van der Waals surface area (Å²) >= 11 is 1.14. The van der Waals surface area contributed by atoms with Crippen LogP contribution in [0.2, 0.25) is 0 Å². The van der Waals surface area contributed by atoms with E-state index in [1.54, 1.807) is 43.0 Å². The van der Waals surface area contributed by atoms with Crippen LogP contribution < -0.4 is 10.5 Å². The molecule has 32 heavy (non-hydrogen) atoms. The van der Waals surface area contributed by atoms with Crippen molar-refractivity contribution in [3.05, 3.63) is 50.9 Å². The standard InChI is InChI=1S/C23H28N4O4S/c1-5-8-11-14-26(23-24-15(4)19(32-23)22(30)31-7-3)21(29)18-16-12-9-10-13-17(16)20(28)27(6-2)25-18/h9-10,12-13H,5-8,11,14H2,1-4H3. The third-order valence-electron chi connectivity index (χ3n) is 5.08. The van der Waals surface area contributed by atoms with Gasteiger partial charge in [0.2, 0.25) is 0 Å². The van der Waals surface area contributed by atoms with Crippen LogP contribution >= 0.6 is 11.3 Å². The summed E-state index contributed by atoms with van der Waals surface area (Å²) in [7, 11) is 0. The lowest BCUT2D eigenvalue weighted by Gasteiger charge is -2.20. The average Bonchev–Trinajstić information content (AvgIpc) is 3.18. The zero-order chi connectivity index (χ0) is 23.3. The van der Waals surface area contributed by atoms with E-state index in [4.69, 9.17) is 4.74 Å². The summed E-state index contributed by atoms with van der Waals surface area (Å²) < 4.78 is 6.43. The van der Waals surface area contributed by atoms with E-state index in [0.29, 0.717) is 39.6 Å². The van der Waals surface area contributed by atoms with Gasteiger partial charge in [-0.05, 0) is 33.3 Å². The molecule has 0 spiro atoms. The zero-order valence-electron chi connectivity index (χ0n) is 18.9. The second-order valence-electron chi connectivity index (χ2n) is 7.31. The molecule has 0 aliphatic carbocycles. The Hall–Kier alpha value is -3.07. The van der Waals surface area contributed by atoms with Crippen molar-refractivity contribution in [3.8, 4) is 0 Å². The van der Waals surface area contributed by atoms with Crippen LogP contribution in [0.5, 0.6) is 0 Å². The van der Waals surface area contributed by atoms with E-state index in [9.17, 15) is 14.4 Å². The Balaban J connectivity index is 2.10. The molecule has 0 aliphatic heterocycles. The van der Waals surface area contributed by atoms with Gasteiger partial charge in [0.25, 0.3) is 11.5 Å². The number of anilines is 1. The van der Waals surface area contributed by atoms with Crippen molar-refractivity contribution >= 4 is 39.1 Å². The molecule has 0 unspecified atom stereocenters. The molecule has 1 aromatic carbocycles. The molecule has 0 saturated heterocycles. The summed E-state index contributed by atoms with van der Waals surface area (Å²) in [4.78, 5) is 45.2. The third-order valence-corrected chi connectivity index (χ3v) is 6.24. The maximum atomic E-state index is 13.7. The largest absolute Gasteiger partial charge is 0.462 e.